The van der Waals surface area contributed by atoms with Gasteiger partial charge in [-0.3, -0.25) is 5.32 Å². The first-order valence-corrected chi connectivity index (χ1v) is 6.09. The molecule has 0 saturated carbocycles. The Bertz CT molecular complexity index is 426. The van der Waals surface area contributed by atoms with Crippen LogP contribution in [0.3, 0.4) is 0 Å². The number of hydrogen-bond donors (Lipinski definition) is 1. The predicted molar refractivity (Wildman–Crippen MR) is 61.0 cm³/mol. The average Bonchev–Trinajstić information content (AvgIpc) is 2.91. The predicted octanol–water partition coefficient (Wildman–Crippen LogP) is 2.08. The number of nitrogens with zero attached hydrogens (tertiary/aromatic N) is 3. The highest BCUT2D eigenvalue weighted by Gasteiger charge is 2.12. The normalized spacial score (nSPS) is 12.9. The quantitative estimate of drug-likeness (QED) is 0.864. The minimum Gasteiger partial charge on any atom is -0.424 e. The molecule has 0 aromatic carbocycles. The van der Waals surface area contributed by atoms with Gasteiger partial charge in [-0.2, -0.15) is 0 Å². The Hall–Kier alpha value is -1.27. The standard InChI is InChI=1S/C10H14N4OS/c1-3-8(10-11-4-5-16-10)12-6-9-14-13-7(2)15-9/h4-5,8,12H,3,6H2,1-2H3. The third kappa shape index (κ3) is 2.65. The molecule has 0 amide bonds. The monoisotopic (exact) mass is 238 g/mol. The van der Waals surface area contributed by atoms with E-state index in [4.69, 9.17) is 4.42 Å². The van der Waals surface area contributed by atoms with Crippen LogP contribution in [-0.2, 0) is 6.54 Å². The van der Waals surface area contributed by atoms with Crippen molar-refractivity contribution < 1.29 is 4.42 Å². The van der Waals surface area contributed by atoms with Crippen LogP contribution < -0.4 is 5.32 Å². The Labute approximate surface area is 97.9 Å². The average molecular weight is 238 g/mol. The van der Waals surface area contributed by atoms with Gasteiger partial charge in [-0.05, 0) is 6.42 Å². The summed E-state index contributed by atoms with van der Waals surface area (Å²) in [6, 6.07) is 0.257. The van der Waals surface area contributed by atoms with Gasteiger partial charge in [0.1, 0.15) is 5.01 Å². The lowest BCUT2D eigenvalue weighted by Gasteiger charge is -2.12. The zero-order valence-corrected chi connectivity index (χ0v) is 10.1. The lowest BCUT2D eigenvalue weighted by atomic mass is 10.2. The van der Waals surface area contributed by atoms with Crippen molar-refractivity contribution in [3.05, 3.63) is 28.4 Å². The summed E-state index contributed by atoms with van der Waals surface area (Å²) in [6.07, 6.45) is 2.81. The second-order valence-electron chi connectivity index (χ2n) is 3.43. The topological polar surface area (TPSA) is 63.8 Å². The lowest BCUT2D eigenvalue weighted by molar-refractivity contribution is 0.418. The molecule has 0 saturated heterocycles. The van der Waals surface area contributed by atoms with Gasteiger partial charge < -0.3 is 4.42 Å². The third-order valence-electron chi connectivity index (χ3n) is 2.23. The van der Waals surface area contributed by atoms with Crippen molar-refractivity contribution in [3.63, 3.8) is 0 Å². The molecule has 2 aromatic heterocycles. The van der Waals surface area contributed by atoms with Crippen LogP contribution >= 0.6 is 11.3 Å². The van der Waals surface area contributed by atoms with Crippen molar-refractivity contribution in [1.82, 2.24) is 20.5 Å². The van der Waals surface area contributed by atoms with E-state index in [0.29, 0.717) is 18.3 Å². The Morgan fingerprint density at radius 2 is 2.38 bits per heavy atom. The van der Waals surface area contributed by atoms with E-state index < -0.39 is 0 Å². The van der Waals surface area contributed by atoms with Crippen LogP contribution in [-0.4, -0.2) is 15.2 Å². The second-order valence-corrected chi connectivity index (χ2v) is 4.35. The van der Waals surface area contributed by atoms with Crippen LogP contribution in [0.25, 0.3) is 0 Å². The first-order chi connectivity index (χ1) is 7.79. The first-order valence-electron chi connectivity index (χ1n) is 5.21. The van der Waals surface area contributed by atoms with Gasteiger partial charge in [0.2, 0.25) is 11.8 Å². The molecule has 1 atom stereocenters. The van der Waals surface area contributed by atoms with Crippen molar-refractivity contribution in [2.24, 2.45) is 0 Å². The first kappa shape index (κ1) is 11.2. The van der Waals surface area contributed by atoms with E-state index in [9.17, 15) is 0 Å². The fourth-order valence-electron chi connectivity index (χ4n) is 1.43. The van der Waals surface area contributed by atoms with Gasteiger partial charge in [-0.1, -0.05) is 6.92 Å². The maximum atomic E-state index is 5.29. The van der Waals surface area contributed by atoms with Gasteiger partial charge in [0.05, 0.1) is 12.6 Å². The van der Waals surface area contributed by atoms with E-state index in [0.717, 1.165) is 11.4 Å². The molecule has 1 unspecified atom stereocenters. The fraction of sp³-hybridized carbons (Fsp3) is 0.500. The van der Waals surface area contributed by atoms with Gasteiger partial charge in [0.15, 0.2) is 0 Å². The number of aromatic nitrogens is 3. The summed E-state index contributed by atoms with van der Waals surface area (Å²) < 4.78 is 5.29. The van der Waals surface area contributed by atoms with Crippen LogP contribution in [0.5, 0.6) is 0 Å². The van der Waals surface area contributed by atoms with Crippen LogP contribution in [0.2, 0.25) is 0 Å². The van der Waals surface area contributed by atoms with E-state index in [1.165, 1.54) is 0 Å². The molecule has 0 spiro atoms. The summed E-state index contributed by atoms with van der Waals surface area (Å²) in [4.78, 5) is 4.29. The molecular formula is C10H14N4OS. The molecule has 1 N–H and O–H groups in total. The fourth-order valence-corrected chi connectivity index (χ4v) is 2.23. The van der Waals surface area contributed by atoms with Gasteiger partial charge in [0, 0.05) is 18.5 Å². The largest absolute Gasteiger partial charge is 0.424 e. The molecule has 6 heteroatoms. The lowest BCUT2D eigenvalue weighted by Crippen LogP contribution is -2.20. The Morgan fingerprint density at radius 1 is 1.50 bits per heavy atom. The minimum absolute atomic E-state index is 0.257. The smallest absolute Gasteiger partial charge is 0.230 e. The highest BCUT2D eigenvalue weighted by molar-refractivity contribution is 7.09. The second kappa shape index (κ2) is 5.18. The van der Waals surface area contributed by atoms with Crippen molar-refractivity contribution in [1.29, 1.82) is 0 Å². The molecular weight excluding hydrogens is 224 g/mol. The molecule has 0 aliphatic rings. The highest BCUT2D eigenvalue weighted by Crippen LogP contribution is 2.19. The van der Waals surface area contributed by atoms with E-state index in [1.54, 1.807) is 18.3 Å². The highest BCUT2D eigenvalue weighted by atomic mass is 32.1. The van der Waals surface area contributed by atoms with Crippen molar-refractivity contribution in [2.75, 3.05) is 0 Å². The summed E-state index contributed by atoms with van der Waals surface area (Å²) in [7, 11) is 0. The zero-order chi connectivity index (χ0) is 11.4. The maximum absolute atomic E-state index is 5.29. The molecule has 5 nitrogen and oxygen atoms in total. The molecule has 0 fully saturated rings. The summed E-state index contributed by atoms with van der Waals surface area (Å²) in [5.41, 5.74) is 0. The molecule has 86 valence electrons. The van der Waals surface area contributed by atoms with Crippen molar-refractivity contribution in [3.8, 4) is 0 Å². The zero-order valence-electron chi connectivity index (χ0n) is 9.30. The maximum Gasteiger partial charge on any atom is 0.230 e. The van der Waals surface area contributed by atoms with Crippen molar-refractivity contribution >= 4 is 11.3 Å². The van der Waals surface area contributed by atoms with Gasteiger partial charge >= 0.3 is 0 Å². The molecule has 0 aliphatic heterocycles. The van der Waals surface area contributed by atoms with Crippen molar-refractivity contribution in [2.45, 2.75) is 32.9 Å². The van der Waals surface area contributed by atoms with Gasteiger partial charge in [0.25, 0.3) is 0 Å². The third-order valence-corrected chi connectivity index (χ3v) is 3.11. The van der Waals surface area contributed by atoms with Crippen LogP contribution in [0.15, 0.2) is 16.0 Å². The summed E-state index contributed by atoms with van der Waals surface area (Å²) in [5, 5.41) is 14.2. The van der Waals surface area contributed by atoms with Crippen LogP contribution in [0.1, 0.15) is 36.2 Å². The molecule has 2 aromatic rings. The molecule has 0 aliphatic carbocycles. The Balaban J connectivity index is 1.93. The van der Waals surface area contributed by atoms with Crippen LogP contribution in [0.4, 0.5) is 0 Å². The summed E-state index contributed by atoms with van der Waals surface area (Å²) >= 11 is 1.66. The number of aryl methyl sites for hydroxylation is 1. The molecule has 0 radical (unpaired) electrons. The number of hydrogen-bond acceptors (Lipinski definition) is 6. The van der Waals surface area contributed by atoms with Crippen LogP contribution in [0, 0.1) is 6.92 Å². The number of thiazole rings is 1. The molecule has 2 rings (SSSR count). The Kier molecular flexibility index (Phi) is 3.63. The van der Waals surface area contributed by atoms with E-state index in [1.807, 2.05) is 11.6 Å². The van der Waals surface area contributed by atoms with E-state index >= 15 is 0 Å². The minimum atomic E-state index is 0.257. The molecule has 16 heavy (non-hydrogen) atoms. The van der Waals surface area contributed by atoms with E-state index in [-0.39, 0.29) is 6.04 Å². The number of nitrogens with one attached hydrogen (secondary N) is 1. The van der Waals surface area contributed by atoms with Gasteiger partial charge in [-0.25, -0.2) is 4.98 Å². The SMILES string of the molecule is CCC(NCc1nnc(C)o1)c1nccs1. The number of rotatable bonds is 5. The van der Waals surface area contributed by atoms with E-state index in [2.05, 4.69) is 27.4 Å². The van der Waals surface area contributed by atoms with Gasteiger partial charge in [-0.15, -0.1) is 21.5 Å². The molecule has 2 heterocycles. The molecule has 0 bridgehead atoms. The summed E-state index contributed by atoms with van der Waals surface area (Å²) in [6.45, 7) is 4.49. The summed E-state index contributed by atoms with van der Waals surface area (Å²) in [5.74, 6) is 1.21. The Morgan fingerprint density at radius 3 is 2.94 bits per heavy atom.